The van der Waals surface area contributed by atoms with E-state index in [1.165, 1.54) is 12.1 Å². The van der Waals surface area contributed by atoms with Crippen LogP contribution in [0.25, 0.3) is 11.3 Å². The molecule has 0 saturated heterocycles. The summed E-state index contributed by atoms with van der Waals surface area (Å²) in [6.07, 6.45) is 1.11. The van der Waals surface area contributed by atoms with E-state index >= 15 is 0 Å². The van der Waals surface area contributed by atoms with Crippen LogP contribution in [-0.2, 0) is 6.54 Å². The second-order valence-electron chi connectivity index (χ2n) is 5.11. The molecule has 1 N–H and O–H groups in total. The molecule has 0 aliphatic rings. The van der Waals surface area contributed by atoms with E-state index in [0.717, 1.165) is 36.6 Å². The molecule has 0 fully saturated rings. The molecule has 0 radical (unpaired) electrons. The zero-order chi connectivity index (χ0) is 14.4. The lowest BCUT2D eigenvalue weighted by Crippen LogP contribution is -2.20. The molecular weight excluding hydrogens is 326 g/mol. The number of benzene rings is 1. The predicted octanol–water partition coefficient (Wildman–Crippen LogP) is 3.97. The van der Waals surface area contributed by atoms with E-state index in [2.05, 4.69) is 24.3 Å². The first kappa shape index (κ1) is 20.9. The highest BCUT2D eigenvalue weighted by molar-refractivity contribution is 5.85. The van der Waals surface area contributed by atoms with Crippen molar-refractivity contribution in [2.45, 2.75) is 13.0 Å². The Morgan fingerprint density at radius 3 is 2.36 bits per heavy atom. The van der Waals surface area contributed by atoms with E-state index < -0.39 is 0 Å². The van der Waals surface area contributed by atoms with Crippen molar-refractivity contribution < 1.29 is 8.81 Å². The van der Waals surface area contributed by atoms with Crippen molar-refractivity contribution in [3.8, 4) is 11.3 Å². The van der Waals surface area contributed by atoms with Crippen molar-refractivity contribution in [2.75, 3.05) is 27.2 Å². The quantitative estimate of drug-likeness (QED) is 0.767. The summed E-state index contributed by atoms with van der Waals surface area (Å²) in [7, 11) is 4.14. The Labute approximate surface area is 143 Å². The van der Waals surface area contributed by atoms with Crippen LogP contribution < -0.4 is 5.32 Å². The number of nitrogens with zero attached hydrogens (tertiary/aromatic N) is 1. The van der Waals surface area contributed by atoms with Crippen molar-refractivity contribution in [3.05, 3.63) is 48.0 Å². The molecule has 0 aliphatic carbocycles. The lowest BCUT2D eigenvalue weighted by molar-refractivity contribution is 0.391. The largest absolute Gasteiger partial charge is 0.460 e. The zero-order valence-electron chi connectivity index (χ0n) is 12.8. The number of nitrogens with one attached hydrogen (secondary N) is 1. The number of rotatable bonds is 7. The average Bonchev–Trinajstić information content (AvgIpc) is 2.87. The maximum Gasteiger partial charge on any atom is 0.134 e. The molecule has 0 bridgehead atoms. The van der Waals surface area contributed by atoms with Gasteiger partial charge in [-0.05, 0) is 70.0 Å². The van der Waals surface area contributed by atoms with Gasteiger partial charge in [0.15, 0.2) is 0 Å². The summed E-state index contributed by atoms with van der Waals surface area (Å²) < 4.78 is 18.6. The fourth-order valence-corrected chi connectivity index (χ4v) is 1.97. The fourth-order valence-electron chi connectivity index (χ4n) is 1.97. The van der Waals surface area contributed by atoms with Gasteiger partial charge in [-0.2, -0.15) is 0 Å². The van der Waals surface area contributed by atoms with Gasteiger partial charge >= 0.3 is 0 Å². The molecule has 0 amide bonds. The number of halogens is 3. The highest BCUT2D eigenvalue weighted by Crippen LogP contribution is 2.22. The molecule has 2 rings (SSSR count). The van der Waals surface area contributed by atoms with Gasteiger partial charge in [-0.15, -0.1) is 24.8 Å². The molecule has 1 aromatic carbocycles. The van der Waals surface area contributed by atoms with E-state index in [1.807, 2.05) is 12.1 Å². The number of furan rings is 1. The Kier molecular flexibility index (Phi) is 10.1. The zero-order valence-corrected chi connectivity index (χ0v) is 14.5. The van der Waals surface area contributed by atoms with Crippen LogP contribution in [0.4, 0.5) is 4.39 Å². The first-order valence-corrected chi connectivity index (χ1v) is 6.85. The molecule has 0 spiro atoms. The third-order valence-corrected chi connectivity index (χ3v) is 3.05. The summed E-state index contributed by atoms with van der Waals surface area (Å²) in [5, 5.41) is 3.35. The van der Waals surface area contributed by atoms with Gasteiger partial charge in [0.2, 0.25) is 0 Å². The Morgan fingerprint density at radius 2 is 1.73 bits per heavy atom. The van der Waals surface area contributed by atoms with Gasteiger partial charge in [0, 0.05) is 5.56 Å². The molecule has 0 atom stereocenters. The Hall–Kier alpha value is -1.07. The van der Waals surface area contributed by atoms with Gasteiger partial charge in [0.25, 0.3) is 0 Å². The van der Waals surface area contributed by atoms with Crippen molar-refractivity contribution in [1.82, 2.24) is 10.2 Å². The molecule has 0 unspecified atom stereocenters. The highest BCUT2D eigenvalue weighted by atomic mass is 35.5. The lowest BCUT2D eigenvalue weighted by atomic mass is 10.2. The van der Waals surface area contributed by atoms with Gasteiger partial charge in [0.1, 0.15) is 17.3 Å². The predicted molar refractivity (Wildman–Crippen MR) is 93.5 cm³/mol. The van der Waals surface area contributed by atoms with E-state index in [4.69, 9.17) is 4.42 Å². The third kappa shape index (κ3) is 6.79. The summed E-state index contributed by atoms with van der Waals surface area (Å²) in [5.74, 6) is 1.44. The van der Waals surface area contributed by atoms with Crippen LogP contribution in [0.5, 0.6) is 0 Å². The van der Waals surface area contributed by atoms with Crippen LogP contribution in [0.15, 0.2) is 40.8 Å². The van der Waals surface area contributed by atoms with Crippen LogP contribution >= 0.6 is 24.8 Å². The van der Waals surface area contributed by atoms with Crippen molar-refractivity contribution in [2.24, 2.45) is 0 Å². The van der Waals surface area contributed by atoms with E-state index in [0.29, 0.717) is 6.54 Å². The molecule has 124 valence electrons. The minimum atomic E-state index is -0.233. The van der Waals surface area contributed by atoms with Crippen molar-refractivity contribution >= 4 is 24.8 Å². The molecular formula is C16H23Cl2FN2O. The molecule has 1 aromatic heterocycles. The van der Waals surface area contributed by atoms with Crippen LogP contribution in [0.2, 0.25) is 0 Å². The first-order chi connectivity index (χ1) is 9.65. The number of hydrogen-bond acceptors (Lipinski definition) is 3. The van der Waals surface area contributed by atoms with Gasteiger partial charge in [-0.25, -0.2) is 4.39 Å². The molecule has 3 nitrogen and oxygen atoms in total. The summed E-state index contributed by atoms with van der Waals surface area (Å²) in [4.78, 5) is 2.17. The van der Waals surface area contributed by atoms with Gasteiger partial charge in [-0.3, -0.25) is 0 Å². The Morgan fingerprint density at radius 1 is 1.05 bits per heavy atom. The Bertz CT molecular complexity index is 529. The molecule has 22 heavy (non-hydrogen) atoms. The second kappa shape index (κ2) is 10.6. The van der Waals surface area contributed by atoms with Crippen molar-refractivity contribution in [1.29, 1.82) is 0 Å². The molecule has 0 saturated carbocycles. The number of hydrogen-bond donors (Lipinski definition) is 1. The Balaban J connectivity index is 0.00000220. The first-order valence-electron chi connectivity index (χ1n) is 6.85. The summed E-state index contributed by atoms with van der Waals surface area (Å²) in [6.45, 7) is 2.76. The topological polar surface area (TPSA) is 28.4 Å². The third-order valence-electron chi connectivity index (χ3n) is 3.05. The van der Waals surface area contributed by atoms with Crippen LogP contribution in [0.1, 0.15) is 12.2 Å². The van der Waals surface area contributed by atoms with E-state index in [9.17, 15) is 4.39 Å². The average molecular weight is 349 g/mol. The minimum absolute atomic E-state index is 0. The smallest absolute Gasteiger partial charge is 0.134 e. The summed E-state index contributed by atoms with van der Waals surface area (Å²) >= 11 is 0. The van der Waals surface area contributed by atoms with E-state index in [1.54, 1.807) is 12.1 Å². The second-order valence-corrected chi connectivity index (χ2v) is 5.11. The SMILES string of the molecule is CN(C)CCCNCc1ccc(-c2ccc(F)cc2)o1.Cl.Cl. The normalized spacial score (nSPS) is 10.2. The van der Waals surface area contributed by atoms with Gasteiger partial charge < -0.3 is 14.6 Å². The molecule has 1 heterocycles. The summed E-state index contributed by atoms with van der Waals surface area (Å²) in [5.41, 5.74) is 0.894. The standard InChI is InChI=1S/C16H21FN2O.2ClH/c1-19(2)11-3-10-18-12-15-8-9-16(20-15)13-4-6-14(17)7-5-13;;/h4-9,18H,3,10-12H2,1-2H3;2*1H. The highest BCUT2D eigenvalue weighted by Gasteiger charge is 2.04. The lowest BCUT2D eigenvalue weighted by Gasteiger charge is -2.09. The van der Waals surface area contributed by atoms with Crippen LogP contribution in [0.3, 0.4) is 0 Å². The van der Waals surface area contributed by atoms with Gasteiger partial charge in [0.05, 0.1) is 6.54 Å². The molecule has 2 aromatic rings. The maximum atomic E-state index is 12.9. The maximum absolute atomic E-state index is 12.9. The molecule has 0 aliphatic heterocycles. The molecule has 6 heteroatoms. The van der Waals surface area contributed by atoms with Gasteiger partial charge in [-0.1, -0.05) is 0 Å². The minimum Gasteiger partial charge on any atom is -0.460 e. The van der Waals surface area contributed by atoms with Crippen LogP contribution in [-0.4, -0.2) is 32.1 Å². The summed E-state index contributed by atoms with van der Waals surface area (Å²) in [6, 6.07) is 10.2. The van der Waals surface area contributed by atoms with E-state index in [-0.39, 0.29) is 30.6 Å². The van der Waals surface area contributed by atoms with Crippen LogP contribution in [0, 0.1) is 5.82 Å². The van der Waals surface area contributed by atoms with Crippen molar-refractivity contribution in [3.63, 3.8) is 0 Å². The fraction of sp³-hybridized carbons (Fsp3) is 0.375. The monoisotopic (exact) mass is 348 g/mol.